The van der Waals surface area contributed by atoms with Crippen LogP contribution in [0.5, 0.6) is 0 Å². The van der Waals surface area contributed by atoms with Crippen LogP contribution >= 0.6 is 0 Å². The second-order valence-electron chi connectivity index (χ2n) is 4.75. The van der Waals surface area contributed by atoms with E-state index in [-0.39, 0.29) is 11.9 Å². The minimum absolute atomic E-state index is 0.132. The lowest BCUT2D eigenvalue weighted by molar-refractivity contribution is -0.0215. The van der Waals surface area contributed by atoms with Gasteiger partial charge in [0.1, 0.15) is 5.82 Å². The van der Waals surface area contributed by atoms with E-state index in [1.165, 1.54) is 0 Å². The number of morpholine rings is 1. The topological polar surface area (TPSA) is 24.5 Å². The first kappa shape index (κ1) is 13.3. The maximum Gasteiger partial charge on any atom is 0.129 e. The Bertz CT molecular complexity index is 397. The molecule has 3 nitrogen and oxygen atoms in total. The van der Waals surface area contributed by atoms with Crippen molar-refractivity contribution < 1.29 is 9.13 Å². The summed E-state index contributed by atoms with van der Waals surface area (Å²) in [5.74, 6) is -0.132. The summed E-state index contributed by atoms with van der Waals surface area (Å²) in [6.45, 7) is 7.99. The molecule has 0 bridgehead atoms. The van der Waals surface area contributed by atoms with Gasteiger partial charge >= 0.3 is 0 Å². The lowest BCUT2D eigenvalue weighted by atomic mass is 10.1. The predicted molar refractivity (Wildman–Crippen MR) is 71.3 cm³/mol. The maximum atomic E-state index is 13.9. The van der Waals surface area contributed by atoms with E-state index in [1.54, 1.807) is 6.07 Å². The summed E-state index contributed by atoms with van der Waals surface area (Å²) in [5, 5.41) is 3.11. The van der Waals surface area contributed by atoms with E-state index in [1.807, 2.05) is 19.1 Å². The Morgan fingerprint density at radius 3 is 3.00 bits per heavy atom. The van der Waals surface area contributed by atoms with Crippen molar-refractivity contribution in [1.82, 2.24) is 4.90 Å². The first-order chi connectivity index (χ1) is 8.69. The van der Waals surface area contributed by atoms with Gasteiger partial charge in [-0.05, 0) is 26.0 Å². The molecule has 0 aromatic heterocycles. The molecule has 1 aliphatic heterocycles. The van der Waals surface area contributed by atoms with Gasteiger partial charge in [-0.2, -0.15) is 0 Å². The summed E-state index contributed by atoms with van der Waals surface area (Å²) in [6.07, 6.45) is 0.239. The summed E-state index contributed by atoms with van der Waals surface area (Å²) in [7, 11) is 0. The molecule has 1 saturated heterocycles. The molecule has 18 heavy (non-hydrogen) atoms. The Kier molecular flexibility index (Phi) is 4.55. The smallest absolute Gasteiger partial charge is 0.129 e. The van der Waals surface area contributed by atoms with Crippen LogP contribution < -0.4 is 5.32 Å². The van der Waals surface area contributed by atoms with Gasteiger partial charge in [0.15, 0.2) is 0 Å². The zero-order valence-corrected chi connectivity index (χ0v) is 11.1. The van der Waals surface area contributed by atoms with Crippen LogP contribution in [0.2, 0.25) is 0 Å². The monoisotopic (exact) mass is 252 g/mol. The number of anilines is 1. The predicted octanol–water partition coefficient (Wildman–Crippen LogP) is 2.48. The number of benzene rings is 1. The Balaban J connectivity index is 2.00. The largest absolute Gasteiger partial charge is 0.385 e. The van der Waals surface area contributed by atoms with Crippen LogP contribution in [0.25, 0.3) is 0 Å². The number of hydrogen-bond acceptors (Lipinski definition) is 3. The molecule has 1 aromatic carbocycles. The number of rotatable bonds is 4. The molecule has 1 fully saturated rings. The molecule has 1 atom stereocenters. The molecule has 1 heterocycles. The molecular weight excluding hydrogens is 231 g/mol. The molecule has 1 N–H and O–H groups in total. The van der Waals surface area contributed by atoms with E-state index < -0.39 is 0 Å². The van der Waals surface area contributed by atoms with Crippen molar-refractivity contribution in [3.05, 3.63) is 29.6 Å². The maximum absolute atomic E-state index is 13.9. The summed E-state index contributed by atoms with van der Waals surface area (Å²) < 4.78 is 19.4. The van der Waals surface area contributed by atoms with Crippen LogP contribution in [0.1, 0.15) is 19.4 Å². The summed E-state index contributed by atoms with van der Waals surface area (Å²) in [6, 6.07) is 5.38. The van der Waals surface area contributed by atoms with Gasteiger partial charge in [0.2, 0.25) is 0 Å². The molecule has 1 aromatic rings. The fourth-order valence-electron chi connectivity index (χ4n) is 2.26. The van der Waals surface area contributed by atoms with Crippen molar-refractivity contribution >= 4 is 5.69 Å². The standard InChI is InChI=1S/C14H21FN2O/c1-3-16-13-5-4-12(14(15)8-13)10-17-6-7-18-11(2)9-17/h4-5,8,11,16H,3,6-7,9-10H2,1-2H3/t11-/m0/s1. The highest BCUT2D eigenvalue weighted by molar-refractivity contribution is 5.45. The van der Waals surface area contributed by atoms with Gasteiger partial charge in [-0.1, -0.05) is 6.07 Å². The van der Waals surface area contributed by atoms with Crippen molar-refractivity contribution in [3.63, 3.8) is 0 Å². The van der Waals surface area contributed by atoms with Crippen molar-refractivity contribution in [1.29, 1.82) is 0 Å². The fourth-order valence-corrected chi connectivity index (χ4v) is 2.26. The van der Waals surface area contributed by atoms with Gasteiger partial charge in [0.25, 0.3) is 0 Å². The number of halogens is 1. The second kappa shape index (κ2) is 6.16. The van der Waals surface area contributed by atoms with Crippen LogP contribution in [0.4, 0.5) is 10.1 Å². The summed E-state index contributed by atoms with van der Waals surface area (Å²) in [5.41, 5.74) is 1.60. The van der Waals surface area contributed by atoms with Crippen molar-refractivity contribution in [3.8, 4) is 0 Å². The molecule has 0 unspecified atom stereocenters. The van der Waals surface area contributed by atoms with E-state index in [0.29, 0.717) is 6.54 Å². The quantitative estimate of drug-likeness (QED) is 0.891. The third-order valence-electron chi connectivity index (χ3n) is 3.15. The number of hydrogen-bond donors (Lipinski definition) is 1. The van der Waals surface area contributed by atoms with Crippen molar-refractivity contribution in [2.24, 2.45) is 0 Å². The molecule has 2 rings (SSSR count). The fraction of sp³-hybridized carbons (Fsp3) is 0.571. The summed E-state index contributed by atoms with van der Waals surface area (Å²) >= 11 is 0. The minimum Gasteiger partial charge on any atom is -0.385 e. The Labute approximate surface area is 108 Å². The molecule has 1 aliphatic rings. The van der Waals surface area contributed by atoms with Gasteiger partial charge in [-0.25, -0.2) is 4.39 Å². The van der Waals surface area contributed by atoms with Crippen LogP contribution in [-0.4, -0.2) is 37.2 Å². The molecule has 0 saturated carbocycles. The Hall–Kier alpha value is -1.13. The molecule has 0 spiro atoms. The van der Waals surface area contributed by atoms with E-state index in [0.717, 1.165) is 37.5 Å². The average Bonchev–Trinajstić information content (AvgIpc) is 2.33. The molecular formula is C14H21FN2O. The lowest BCUT2D eigenvalue weighted by Crippen LogP contribution is -2.40. The van der Waals surface area contributed by atoms with E-state index in [9.17, 15) is 4.39 Å². The first-order valence-electron chi connectivity index (χ1n) is 6.55. The normalized spacial score (nSPS) is 20.9. The van der Waals surface area contributed by atoms with Gasteiger partial charge in [-0.15, -0.1) is 0 Å². The number of nitrogens with one attached hydrogen (secondary N) is 1. The van der Waals surface area contributed by atoms with Gasteiger partial charge < -0.3 is 10.1 Å². The highest BCUT2D eigenvalue weighted by Crippen LogP contribution is 2.17. The highest BCUT2D eigenvalue weighted by Gasteiger charge is 2.17. The minimum atomic E-state index is -0.132. The van der Waals surface area contributed by atoms with E-state index in [4.69, 9.17) is 4.74 Å². The van der Waals surface area contributed by atoms with Crippen LogP contribution in [0.15, 0.2) is 18.2 Å². The van der Waals surface area contributed by atoms with Gasteiger partial charge in [0.05, 0.1) is 12.7 Å². The van der Waals surface area contributed by atoms with Crippen molar-refractivity contribution in [2.75, 3.05) is 31.6 Å². The second-order valence-corrected chi connectivity index (χ2v) is 4.75. The van der Waals surface area contributed by atoms with Crippen LogP contribution in [0.3, 0.4) is 0 Å². The first-order valence-corrected chi connectivity index (χ1v) is 6.55. The Morgan fingerprint density at radius 1 is 1.50 bits per heavy atom. The highest BCUT2D eigenvalue weighted by atomic mass is 19.1. The molecule has 100 valence electrons. The third-order valence-corrected chi connectivity index (χ3v) is 3.15. The number of nitrogens with zero attached hydrogens (tertiary/aromatic N) is 1. The zero-order chi connectivity index (χ0) is 13.0. The number of ether oxygens (including phenoxy) is 1. The van der Waals surface area contributed by atoms with Crippen molar-refractivity contribution in [2.45, 2.75) is 26.5 Å². The van der Waals surface area contributed by atoms with Gasteiger partial charge in [0, 0.05) is 37.4 Å². The zero-order valence-electron chi connectivity index (χ0n) is 11.1. The Morgan fingerprint density at radius 2 is 2.33 bits per heavy atom. The third kappa shape index (κ3) is 3.43. The van der Waals surface area contributed by atoms with Gasteiger partial charge in [-0.3, -0.25) is 4.90 Å². The van der Waals surface area contributed by atoms with E-state index >= 15 is 0 Å². The van der Waals surface area contributed by atoms with E-state index in [2.05, 4.69) is 17.1 Å². The molecule has 0 aliphatic carbocycles. The molecule has 0 amide bonds. The molecule has 4 heteroatoms. The van der Waals surface area contributed by atoms with Crippen LogP contribution in [0, 0.1) is 5.82 Å². The van der Waals surface area contributed by atoms with Crippen LogP contribution in [-0.2, 0) is 11.3 Å². The summed E-state index contributed by atoms with van der Waals surface area (Å²) in [4.78, 5) is 2.24. The lowest BCUT2D eigenvalue weighted by Gasteiger charge is -2.31. The molecule has 0 radical (unpaired) electrons. The average molecular weight is 252 g/mol. The SMILES string of the molecule is CCNc1ccc(CN2CCO[C@@H](C)C2)c(F)c1.